The van der Waals surface area contributed by atoms with Crippen molar-refractivity contribution in [3.63, 3.8) is 0 Å². The Balaban J connectivity index is 0.000000621. The van der Waals surface area contributed by atoms with E-state index in [-0.39, 0.29) is 10.8 Å². The average Bonchev–Trinajstić information content (AvgIpc) is 2.10. The van der Waals surface area contributed by atoms with Crippen molar-refractivity contribution in [1.29, 1.82) is 0 Å². The first-order chi connectivity index (χ1) is 8.60. The van der Waals surface area contributed by atoms with Crippen LogP contribution < -0.4 is 0 Å². The summed E-state index contributed by atoms with van der Waals surface area (Å²) in [5.41, 5.74) is -0.0181. The van der Waals surface area contributed by atoms with Gasteiger partial charge in [-0.2, -0.15) is 0 Å². The highest BCUT2D eigenvalue weighted by molar-refractivity contribution is 6.50. The number of rotatable bonds is 0. The molecule has 0 radical (unpaired) electrons. The van der Waals surface area contributed by atoms with Crippen molar-refractivity contribution in [2.45, 2.75) is 52.4 Å². The largest absolute Gasteiger partial charge is 0.673 e. The summed E-state index contributed by atoms with van der Waals surface area (Å²) in [7, 11) is -6.00. The zero-order chi connectivity index (χ0) is 16.4. The number of hydrogen-bond acceptors (Lipinski definition) is 0. The highest BCUT2D eigenvalue weighted by Crippen LogP contribution is 2.31. The van der Waals surface area contributed by atoms with E-state index in [9.17, 15) is 17.3 Å². The predicted octanol–water partition coefficient (Wildman–Crippen LogP) is 6.11. The smallest absolute Gasteiger partial charge is 0.418 e. The zero-order valence-corrected chi connectivity index (χ0v) is 13.3. The van der Waals surface area contributed by atoms with Crippen molar-refractivity contribution >= 4 is 18.9 Å². The van der Waals surface area contributed by atoms with Gasteiger partial charge in [0.15, 0.2) is 0 Å². The number of halogens is 5. The maximum atomic E-state index is 9.75. The van der Waals surface area contributed by atoms with Gasteiger partial charge in [0.25, 0.3) is 0 Å². The fourth-order valence-corrected chi connectivity index (χ4v) is 1.41. The normalized spacial score (nSPS) is 12.8. The molecule has 0 spiro atoms. The van der Waals surface area contributed by atoms with Gasteiger partial charge in [0.05, 0.1) is 28.0 Å². The molecule has 0 bridgehead atoms. The lowest BCUT2D eigenvalue weighted by atomic mass is 9.90. The van der Waals surface area contributed by atoms with E-state index in [0.29, 0.717) is 0 Å². The summed E-state index contributed by atoms with van der Waals surface area (Å²) >= 11 is 6.10. The van der Waals surface area contributed by atoms with E-state index in [1.54, 1.807) is 0 Å². The molecule has 1 heterocycles. The molecule has 20 heavy (non-hydrogen) atoms. The van der Waals surface area contributed by atoms with Crippen molar-refractivity contribution in [2.24, 2.45) is 0 Å². The summed E-state index contributed by atoms with van der Waals surface area (Å²) in [5.74, 6) is 1.86. The second-order valence-corrected chi connectivity index (χ2v) is 6.94. The molecule has 0 unspecified atom stereocenters. The van der Waals surface area contributed by atoms with E-state index in [2.05, 4.69) is 41.5 Å². The van der Waals surface area contributed by atoms with Crippen LogP contribution in [0.1, 0.15) is 53.1 Å². The van der Waals surface area contributed by atoms with Crippen LogP contribution in [0.3, 0.4) is 0 Å². The maximum absolute atomic E-state index is 9.75. The first-order valence-electron chi connectivity index (χ1n) is 6.12. The molecule has 0 aromatic carbocycles. The van der Waals surface area contributed by atoms with Crippen LogP contribution in [0.4, 0.5) is 17.3 Å². The SMILES string of the molecule is CC(C)(C)c1cc(Cl)cc(C(C)(C)C)[o+]1.F[B-](F)(F)F. The van der Waals surface area contributed by atoms with Crippen molar-refractivity contribution in [3.05, 3.63) is 28.7 Å². The molecule has 0 aliphatic rings. The van der Waals surface area contributed by atoms with Crippen LogP contribution in [-0.2, 0) is 10.8 Å². The minimum Gasteiger partial charge on any atom is -0.418 e. The summed E-state index contributed by atoms with van der Waals surface area (Å²) in [4.78, 5) is 0. The van der Waals surface area contributed by atoms with Crippen molar-refractivity contribution in [1.82, 2.24) is 0 Å². The lowest BCUT2D eigenvalue weighted by Gasteiger charge is -2.13. The van der Waals surface area contributed by atoms with Crippen molar-refractivity contribution < 1.29 is 21.7 Å². The molecule has 0 saturated carbocycles. The van der Waals surface area contributed by atoms with Gasteiger partial charge in [0.2, 0.25) is 0 Å². The summed E-state index contributed by atoms with van der Waals surface area (Å²) in [6.07, 6.45) is 0. The Bertz CT molecular complexity index is 409. The van der Waals surface area contributed by atoms with Crippen molar-refractivity contribution in [3.8, 4) is 0 Å². The molecular weight excluding hydrogens is 294 g/mol. The van der Waals surface area contributed by atoms with Gasteiger partial charge in [-0.1, -0.05) is 11.6 Å². The third-order valence-electron chi connectivity index (χ3n) is 2.24. The van der Waals surface area contributed by atoms with E-state index in [1.165, 1.54) is 0 Å². The van der Waals surface area contributed by atoms with Crippen LogP contribution in [0.25, 0.3) is 0 Å². The summed E-state index contributed by atoms with van der Waals surface area (Å²) < 4.78 is 44.9. The molecule has 0 N–H and O–H groups in total. The highest BCUT2D eigenvalue weighted by atomic mass is 35.5. The molecule has 0 aliphatic carbocycles. The average molecular weight is 315 g/mol. The van der Waals surface area contributed by atoms with Crippen LogP contribution in [-0.4, -0.2) is 7.25 Å². The molecule has 0 fully saturated rings. The fourth-order valence-electron chi connectivity index (χ4n) is 1.21. The van der Waals surface area contributed by atoms with E-state index < -0.39 is 7.25 Å². The third kappa shape index (κ3) is 8.41. The van der Waals surface area contributed by atoms with Gasteiger partial charge in [-0.05, 0) is 41.5 Å². The van der Waals surface area contributed by atoms with Gasteiger partial charge in [0, 0.05) is 0 Å². The predicted molar refractivity (Wildman–Crippen MR) is 75.7 cm³/mol. The van der Waals surface area contributed by atoms with Gasteiger partial charge < -0.3 is 17.3 Å². The first kappa shape index (κ1) is 19.2. The molecule has 7 heteroatoms. The Kier molecular flexibility index (Phi) is 6.09. The standard InChI is InChI=1S/C13H20ClO.BF4/c1-12(2,3)10-7-9(14)8-11(15-10)13(4,5)6;2-1(3,4)5/h7-8H,1-6H3;/q+1;-1. The first-order valence-corrected chi connectivity index (χ1v) is 6.50. The van der Waals surface area contributed by atoms with E-state index >= 15 is 0 Å². The van der Waals surface area contributed by atoms with Crippen LogP contribution >= 0.6 is 11.6 Å². The van der Waals surface area contributed by atoms with Gasteiger partial charge in [-0.15, -0.1) is 0 Å². The summed E-state index contributed by atoms with van der Waals surface area (Å²) in [5, 5.41) is 0.746. The quantitative estimate of drug-likeness (QED) is 0.319. The monoisotopic (exact) mass is 314 g/mol. The molecule has 116 valence electrons. The Hall–Kier alpha value is -0.775. The molecule has 0 saturated heterocycles. The molecule has 1 aromatic rings. The Labute approximate surface area is 122 Å². The molecule has 0 aliphatic heterocycles. The lowest BCUT2D eigenvalue weighted by molar-refractivity contribution is 0.329. The Morgan fingerprint density at radius 3 is 1.30 bits per heavy atom. The Morgan fingerprint density at radius 1 is 0.850 bits per heavy atom. The summed E-state index contributed by atoms with van der Waals surface area (Å²) in [6, 6.07) is 3.80. The van der Waals surface area contributed by atoms with E-state index in [1.807, 2.05) is 12.1 Å². The minimum atomic E-state index is -6.00. The third-order valence-corrected chi connectivity index (χ3v) is 2.45. The zero-order valence-electron chi connectivity index (χ0n) is 12.5. The summed E-state index contributed by atoms with van der Waals surface area (Å²) in [6.45, 7) is 12.7. The maximum Gasteiger partial charge on any atom is 0.673 e. The van der Waals surface area contributed by atoms with E-state index in [4.69, 9.17) is 16.0 Å². The molecular formula is C13H20BClF4O. The fraction of sp³-hybridized carbons (Fsp3) is 0.615. The molecule has 1 aromatic heterocycles. The minimum absolute atomic E-state index is 0.00903. The van der Waals surface area contributed by atoms with Gasteiger partial charge in [-0.25, -0.2) is 4.42 Å². The molecule has 0 atom stereocenters. The second-order valence-electron chi connectivity index (χ2n) is 6.50. The molecule has 0 amide bonds. The van der Waals surface area contributed by atoms with Crippen LogP contribution in [0.15, 0.2) is 16.5 Å². The van der Waals surface area contributed by atoms with Crippen LogP contribution in [0, 0.1) is 0 Å². The van der Waals surface area contributed by atoms with E-state index in [0.717, 1.165) is 16.5 Å². The Morgan fingerprint density at radius 2 is 1.10 bits per heavy atom. The topological polar surface area (TPSA) is 11.3 Å². The molecule has 1 rings (SSSR count). The van der Waals surface area contributed by atoms with Crippen molar-refractivity contribution in [2.75, 3.05) is 0 Å². The highest BCUT2D eigenvalue weighted by Gasteiger charge is 2.33. The van der Waals surface area contributed by atoms with Gasteiger partial charge >= 0.3 is 18.8 Å². The second kappa shape index (κ2) is 6.33. The number of hydrogen-bond donors (Lipinski definition) is 0. The van der Waals surface area contributed by atoms with Gasteiger partial charge in [-0.3, -0.25) is 0 Å². The lowest BCUT2D eigenvalue weighted by Crippen LogP contribution is -2.16. The van der Waals surface area contributed by atoms with Crippen LogP contribution in [0.2, 0.25) is 5.02 Å². The molecule has 1 nitrogen and oxygen atoms in total. The van der Waals surface area contributed by atoms with Crippen LogP contribution in [0.5, 0.6) is 0 Å². The van der Waals surface area contributed by atoms with Gasteiger partial charge in [0.1, 0.15) is 0 Å².